The molecule has 0 radical (unpaired) electrons. The minimum atomic E-state index is -0.443. The fraction of sp³-hybridized carbons (Fsp3) is 0.667. The van der Waals surface area contributed by atoms with Gasteiger partial charge < -0.3 is 0 Å². The molecule has 3 rings (SSSR count). The number of fused-ring (bicyclic) bond motifs is 1. The molecule has 2 aliphatic carbocycles. The Morgan fingerprint density at radius 2 is 2.50 bits per heavy atom. The van der Waals surface area contributed by atoms with Crippen LogP contribution in [0.25, 0.3) is 0 Å². The maximum atomic E-state index is 10.8. The number of H-pyrrole nitrogens is 1. The predicted octanol–water partition coefficient (Wildman–Crippen LogP) is 1.90. The normalized spacial score (nSPS) is 32.1. The van der Waals surface area contributed by atoms with E-state index >= 15 is 0 Å². The van der Waals surface area contributed by atoms with Crippen LogP contribution in [0.2, 0.25) is 0 Å². The number of allylic oxidation sites excluding steroid dienone is 2. The average molecular weight is 220 g/mol. The molecule has 0 aliphatic heterocycles. The van der Waals surface area contributed by atoms with Crippen LogP contribution in [-0.2, 0) is 6.42 Å². The smallest absolute Gasteiger partial charge is 0.296 e. The van der Waals surface area contributed by atoms with Gasteiger partial charge in [0.25, 0.3) is 0 Å². The minimum Gasteiger partial charge on any atom is -0.296 e. The summed E-state index contributed by atoms with van der Waals surface area (Å²) in [7, 11) is 0. The SMILES string of the molecule is CCC1=C[C@H]2C(Cc3noc(=O)[nH]3)C[C@H]2C1. The van der Waals surface area contributed by atoms with Crippen LogP contribution in [0.1, 0.15) is 32.0 Å². The Kier molecular flexibility index (Phi) is 2.23. The first-order valence-electron chi connectivity index (χ1n) is 6.00. The molecule has 3 atom stereocenters. The van der Waals surface area contributed by atoms with E-state index in [0.717, 1.165) is 18.3 Å². The third-order valence-corrected chi connectivity index (χ3v) is 4.04. The summed E-state index contributed by atoms with van der Waals surface area (Å²) in [5.74, 6) is 2.48. The van der Waals surface area contributed by atoms with Gasteiger partial charge in [-0.2, -0.15) is 0 Å². The average Bonchev–Trinajstić information content (AvgIpc) is 2.79. The summed E-state index contributed by atoms with van der Waals surface area (Å²) >= 11 is 0. The highest BCUT2D eigenvalue weighted by atomic mass is 16.5. The second kappa shape index (κ2) is 3.61. The summed E-state index contributed by atoms with van der Waals surface area (Å²) in [6, 6.07) is 0. The lowest BCUT2D eigenvalue weighted by atomic mass is 9.65. The maximum Gasteiger partial charge on any atom is 0.438 e. The van der Waals surface area contributed by atoms with E-state index in [0.29, 0.717) is 11.7 Å². The Labute approximate surface area is 93.7 Å². The van der Waals surface area contributed by atoms with Crippen molar-refractivity contribution in [2.45, 2.75) is 32.6 Å². The first kappa shape index (κ1) is 9.87. The minimum absolute atomic E-state index is 0.443. The van der Waals surface area contributed by atoms with Crippen molar-refractivity contribution in [3.8, 4) is 0 Å². The molecule has 0 spiro atoms. The van der Waals surface area contributed by atoms with Crippen molar-refractivity contribution >= 4 is 0 Å². The highest BCUT2D eigenvalue weighted by molar-refractivity contribution is 5.19. The number of nitrogens with zero attached hydrogens (tertiary/aromatic N) is 1. The number of aromatic nitrogens is 2. The summed E-state index contributed by atoms with van der Waals surface area (Å²) in [4.78, 5) is 13.4. The largest absolute Gasteiger partial charge is 0.438 e. The topological polar surface area (TPSA) is 58.9 Å². The second-order valence-electron chi connectivity index (χ2n) is 4.96. The lowest BCUT2D eigenvalue weighted by molar-refractivity contribution is 0.126. The van der Waals surface area contributed by atoms with Gasteiger partial charge in [-0.3, -0.25) is 9.51 Å². The third-order valence-electron chi connectivity index (χ3n) is 4.04. The standard InChI is InChI=1S/C12H16N2O2/c1-2-7-3-8-5-9(10(8)4-7)6-11-13-12(15)16-14-11/h4,8-10H,2-3,5-6H2,1H3,(H,13,14,15)/t8-,9?,10-/m1/s1. The van der Waals surface area contributed by atoms with Gasteiger partial charge in [-0.25, -0.2) is 4.79 Å². The molecule has 1 fully saturated rings. The van der Waals surface area contributed by atoms with Gasteiger partial charge in [0.2, 0.25) is 0 Å². The van der Waals surface area contributed by atoms with Crippen molar-refractivity contribution < 1.29 is 4.52 Å². The van der Waals surface area contributed by atoms with Crippen LogP contribution in [0, 0.1) is 17.8 Å². The lowest BCUT2D eigenvalue weighted by Crippen LogP contribution is -2.34. The zero-order chi connectivity index (χ0) is 11.1. The molecule has 1 aromatic rings. The van der Waals surface area contributed by atoms with Crippen molar-refractivity contribution in [3.05, 3.63) is 28.0 Å². The summed E-state index contributed by atoms with van der Waals surface area (Å²) in [6.45, 7) is 2.22. The van der Waals surface area contributed by atoms with E-state index in [-0.39, 0.29) is 0 Å². The van der Waals surface area contributed by atoms with Crippen LogP contribution < -0.4 is 5.76 Å². The van der Waals surface area contributed by atoms with E-state index in [2.05, 4.69) is 27.7 Å². The number of nitrogens with one attached hydrogen (secondary N) is 1. The molecule has 4 nitrogen and oxygen atoms in total. The highest BCUT2D eigenvalue weighted by Gasteiger charge is 2.43. The number of hydrogen-bond acceptors (Lipinski definition) is 3. The van der Waals surface area contributed by atoms with Gasteiger partial charge in [-0.05, 0) is 37.0 Å². The second-order valence-corrected chi connectivity index (χ2v) is 4.96. The molecule has 4 heteroatoms. The van der Waals surface area contributed by atoms with Gasteiger partial charge in [0.15, 0.2) is 5.82 Å². The van der Waals surface area contributed by atoms with Crippen LogP contribution in [0.3, 0.4) is 0 Å². The quantitative estimate of drug-likeness (QED) is 0.791. The Bertz CT molecular complexity index is 471. The molecule has 16 heavy (non-hydrogen) atoms. The van der Waals surface area contributed by atoms with E-state index in [9.17, 15) is 4.79 Å². The molecule has 0 aromatic carbocycles. The molecule has 1 aromatic heterocycles. The van der Waals surface area contributed by atoms with Crippen LogP contribution in [-0.4, -0.2) is 10.1 Å². The Balaban J connectivity index is 1.67. The fourth-order valence-electron chi connectivity index (χ4n) is 3.14. The molecule has 86 valence electrons. The van der Waals surface area contributed by atoms with Gasteiger partial charge >= 0.3 is 5.76 Å². The van der Waals surface area contributed by atoms with Gasteiger partial charge in [0.05, 0.1) is 0 Å². The summed E-state index contributed by atoms with van der Waals surface area (Å²) in [5.41, 5.74) is 1.60. The van der Waals surface area contributed by atoms with Crippen molar-refractivity contribution in [2.24, 2.45) is 17.8 Å². The Morgan fingerprint density at radius 3 is 3.19 bits per heavy atom. The van der Waals surface area contributed by atoms with Crippen molar-refractivity contribution in [2.75, 3.05) is 0 Å². The van der Waals surface area contributed by atoms with Crippen molar-refractivity contribution in [1.82, 2.24) is 10.1 Å². The van der Waals surface area contributed by atoms with E-state index in [1.54, 1.807) is 5.57 Å². The summed E-state index contributed by atoms with van der Waals surface area (Å²) in [6.07, 6.45) is 7.02. The van der Waals surface area contributed by atoms with Crippen LogP contribution in [0.5, 0.6) is 0 Å². The maximum absolute atomic E-state index is 10.8. The lowest BCUT2D eigenvalue weighted by Gasteiger charge is -2.39. The zero-order valence-corrected chi connectivity index (χ0v) is 9.40. The molecule has 1 N–H and O–H groups in total. The van der Waals surface area contributed by atoms with Crippen LogP contribution in [0.4, 0.5) is 0 Å². The van der Waals surface area contributed by atoms with Gasteiger partial charge in [0, 0.05) is 6.42 Å². The fourth-order valence-corrected chi connectivity index (χ4v) is 3.14. The molecular formula is C12H16N2O2. The monoisotopic (exact) mass is 220 g/mol. The van der Waals surface area contributed by atoms with E-state index < -0.39 is 5.76 Å². The Morgan fingerprint density at radius 1 is 1.62 bits per heavy atom. The molecule has 1 heterocycles. The van der Waals surface area contributed by atoms with E-state index in [4.69, 9.17) is 0 Å². The highest BCUT2D eigenvalue weighted by Crippen LogP contribution is 2.51. The molecule has 0 bridgehead atoms. The number of rotatable bonds is 3. The first-order chi connectivity index (χ1) is 7.76. The van der Waals surface area contributed by atoms with Gasteiger partial charge in [-0.1, -0.05) is 23.7 Å². The van der Waals surface area contributed by atoms with E-state index in [1.807, 2.05) is 0 Å². The third kappa shape index (κ3) is 1.52. The number of aromatic amines is 1. The first-order valence-corrected chi connectivity index (χ1v) is 6.00. The summed E-state index contributed by atoms with van der Waals surface area (Å²) < 4.78 is 4.51. The number of hydrogen-bond donors (Lipinski definition) is 1. The van der Waals surface area contributed by atoms with Crippen molar-refractivity contribution in [3.63, 3.8) is 0 Å². The molecular weight excluding hydrogens is 204 g/mol. The summed E-state index contributed by atoms with van der Waals surface area (Å²) in [5, 5.41) is 3.73. The zero-order valence-electron chi connectivity index (χ0n) is 9.40. The van der Waals surface area contributed by atoms with Gasteiger partial charge in [0.1, 0.15) is 0 Å². The molecule has 1 unspecified atom stereocenters. The van der Waals surface area contributed by atoms with Crippen LogP contribution >= 0.6 is 0 Å². The van der Waals surface area contributed by atoms with Gasteiger partial charge in [-0.15, -0.1) is 0 Å². The Hall–Kier alpha value is -1.32. The molecule has 1 saturated carbocycles. The molecule has 2 aliphatic rings. The molecule has 0 amide bonds. The van der Waals surface area contributed by atoms with Crippen molar-refractivity contribution in [1.29, 1.82) is 0 Å². The van der Waals surface area contributed by atoms with Crippen LogP contribution in [0.15, 0.2) is 21.0 Å². The predicted molar refractivity (Wildman–Crippen MR) is 58.9 cm³/mol. The molecule has 0 saturated heterocycles. The van der Waals surface area contributed by atoms with E-state index in [1.165, 1.54) is 19.3 Å².